The SMILES string of the molecule is Cc1cc(=O)[nH]c(C2CN(C(=O)CCc3cccnc3)CCO2)n1. The molecule has 1 saturated heterocycles. The molecule has 2 aromatic rings. The lowest BCUT2D eigenvalue weighted by atomic mass is 10.1. The zero-order chi connectivity index (χ0) is 16.9. The van der Waals surface area contributed by atoms with E-state index in [4.69, 9.17) is 4.74 Å². The van der Waals surface area contributed by atoms with Gasteiger partial charge in [0.25, 0.3) is 5.56 Å². The average Bonchev–Trinajstić information content (AvgIpc) is 2.60. The number of rotatable bonds is 4. The molecule has 7 nitrogen and oxygen atoms in total. The summed E-state index contributed by atoms with van der Waals surface area (Å²) in [6.45, 7) is 3.15. The number of nitrogens with zero attached hydrogens (tertiary/aromatic N) is 3. The maximum atomic E-state index is 12.4. The van der Waals surface area contributed by atoms with E-state index in [0.29, 0.717) is 44.1 Å². The van der Waals surface area contributed by atoms with Crippen LogP contribution >= 0.6 is 0 Å². The van der Waals surface area contributed by atoms with E-state index < -0.39 is 6.10 Å². The van der Waals surface area contributed by atoms with Gasteiger partial charge in [0.15, 0.2) is 0 Å². The van der Waals surface area contributed by atoms with Gasteiger partial charge in [0.05, 0.1) is 13.2 Å². The highest BCUT2D eigenvalue weighted by atomic mass is 16.5. The van der Waals surface area contributed by atoms with Crippen molar-refractivity contribution in [2.45, 2.75) is 25.9 Å². The lowest BCUT2D eigenvalue weighted by molar-refractivity contribution is -0.139. The Balaban J connectivity index is 1.62. The smallest absolute Gasteiger partial charge is 0.251 e. The Morgan fingerprint density at radius 2 is 2.38 bits per heavy atom. The molecule has 0 aliphatic carbocycles. The third-order valence-electron chi connectivity index (χ3n) is 3.96. The summed E-state index contributed by atoms with van der Waals surface area (Å²) in [5, 5.41) is 0. The number of nitrogens with one attached hydrogen (secondary N) is 1. The van der Waals surface area contributed by atoms with E-state index in [-0.39, 0.29) is 11.5 Å². The lowest BCUT2D eigenvalue weighted by Crippen LogP contribution is -2.43. The number of carbonyl (C=O) groups excluding carboxylic acids is 1. The van der Waals surface area contributed by atoms with Crippen molar-refractivity contribution in [1.82, 2.24) is 19.9 Å². The minimum atomic E-state index is -0.395. The van der Waals surface area contributed by atoms with Gasteiger partial charge in [-0.2, -0.15) is 0 Å². The normalized spacial score (nSPS) is 17.7. The van der Waals surface area contributed by atoms with Crippen LogP contribution in [0.5, 0.6) is 0 Å². The predicted octanol–water partition coefficient (Wildman–Crippen LogP) is 1.01. The van der Waals surface area contributed by atoms with E-state index in [0.717, 1.165) is 5.56 Å². The molecule has 0 spiro atoms. The van der Waals surface area contributed by atoms with Crippen molar-refractivity contribution in [2.24, 2.45) is 0 Å². The van der Waals surface area contributed by atoms with E-state index in [9.17, 15) is 9.59 Å². The second kappa shape index (κ2) is 7.35. The van der Waals surface area contributed by atoms with Gasteiger partial charge in [-0.15, -0.1) is 0 Å². The number of hydrogen-bond donors (Lipinski definition) is 1. The Labute approximate surface area is 139 Å². The van der Waals surface area contributed by atoms with Crippen LogP contribution in [0.1, 0.15) is 29.6 Å². The van der Waals surface area contributed by atoms with E-state index in [1.54, 1.807) is 24.2 Å². The van der Waals surface area contributed by atoms with Crippen LogP contribution in [-0.4, -0.2) is 45.5 Å². The molecule has 3 heterocycles. The zero-order valence-corrected chi connectivity index (χ0v) is 13.6. The summed E-state index contributed by atoms with van der Waals surface area (Å²) in [5.74, 6) is 0.548. The Morgan fingerprint density at radius 3 is 3.12 bits per heavy atom. The molecule has 1 atom stereocenters. The van der Waals surface area contributed by atoms with Crippen molar-refractivity contribution in [3.63, 3.8) is 0 Å². The molecule has 1 amide bonds. The number of aryl methyl sites for hydroxylation is 2. The lowest BCUT2D eigenvalue weighted by Gasteiger charge is -2.32. The highest BCUT2D eigenvalue weighted by Crippen LogP contribution is 2.19. The van der Waals surface area contributed by atoms with Gasteiger partial charge in [-0.1, -0.05) is 6.07 Å². The molecule has 1 aliphatic rings. The Morgan fingerprint density at radius 1 is 1.50 bits per heavy atom. The molecule has 1 aliphatic heterocycles. The number of amides is 1. The number of morpholine rings is 1. The molecule has 24 heavy (non-hydrogen) atoms. The summed E-state index contributed by atoms with van der Waals surface area (Å²) < 4.78 is 5.68. The van der Waals surface area contributed by atoms with Crippen LogP contribution in [-0.2, 0) is 16.0 Å². The second-order valence-corrected chi connectivity index (χ2v) is 5.83. The van der Waals surface area contributed by atoms with Gasteiger partial charge in [-0.3, -0.25) is 14.6 Å². The molecule has 0 aromatic carbocycles. The number of hydrogen-bond acceptors (Lipinski definition) is 5. The first kappa shape index (κ1) is 16.3. The van der Waals surface area contributed by atoms with E-state index >= 15 is 0 Å². The molecule has 3 rings (SSSR count). The summed E-state index contributed by atoms with van der Waals surface area (Å²) in [6.07, 6.45) is 4.18. The van der Waals surface area contributed by atoms with Gasteiger partial charge < -0.3 is 14.6 Å². The Hall–Kier alpha value is -2.54. The summed E-state index contributed by atoms with van der Waals surface area (Å²) in [5.41, 5.74) is 1.47. The number of pyridine rings is 1. The van der Waals surface area contributed by atoms with Crippen molar-refractivity contribution in [3.8, 4) is 0 Å². The van der Waals surface area contributed by atoms with E-state index in [1.165, 1.54) is 6.07 Å². The third-order valence-corrected chi connectivity index (χ3v) is 3.96. The fraction of sp³-hybridized carbons (Fsp3) is 0.412. The minimum absolute atomic E-state index is 0.0714. The zero-order valence-electron chi connectivity index (χ0n) is 13.6. The molecular weight excluding hydrogens is 308 g/mol. The number of carbonyl (C=O) groups is 1. The number of aromatic nitrogens is 3. The summed E-state index contributed by atoms with van der Waals surface area (Å²) >= 11 is 0. The summed E-state index contributed by atoms with van der Waals surface area (Å²) in [6, 6.07) is 5.26. The van der Waals surface area contributed by atoms with Crippen LogP contribution in [0.4, 0.5) is 0 Å². The Kier molecular flexibility index (Phi) is 5.00. The van der Waals surface area contributed by atoms with Gasteiger partial charge in [-0.25, -0.2) is 4.98 Å². The first-order valence-electron chi connectivity index (χ1n) is 7.98. The topological polar surface area (TPSA) is 88.2 Å². The van der Waals surface area contributed by atoms with Gasteiger partial charge >= 0.3 is 0 Å². The van der Waals surface area contributed by atoms with Crippen LogP contribution in [0.15, 0.2) is 35.4 Å². The monoisotopic (exact) mass is 328 g/mol. The van der Waals surface area contributed by atoms with E-state index in [2.05, 4.69) is 15.0 Å². The predicted molar refractivity (Wildman–Crippen MR) is 87.4 cm³/mol. The fourth-order valence-corrected chi connectivity index (χ4v) is 2.75. The molecule has 126 valence electrons. The molecule has 7 heteroatoms. The maximum Gasteiger partial charge on any atom is 0.251 e. The van der Waals surface area contributed by atoms with Crippen molar-refractivity contribution in [2.75, 3.05) is 19.7 Å². The minimum Gasteiger partial charge on any atom is -0.367 e. The summed E-state index contributed by atoms with van der Waals surface area (Å²) in [4.78, 5) is 36.9. The molecule has 0 bridgehead atoms. The third kappa shape index (κ3) is 4.05. The molecule has 2 aromatic heterocycles. The van der Waals surface area contributed by atoms with Crippen molar-refractivity contribution < 1.29 is 9.53 Å². The molecule has 1 N–H and O–H groups in total. The molecular formula is C17H20N4O3. The fourth-order valence-electron chi connectivity index (χ4n) is 2.75. The highest BCUT2D eigenvalue weighted by molar-refractivity contribution is 5.76. The first-order chi connectivity index (χ1) is 11.6. The van der Waals surface area contributed by atoms with Gasteiger partial charge in [0.2, 0.25) is 5.91 Å². The van der Waals surface area contributed by atoms with Crippen LogP contribution in [0.25, 0.3) is 0 Å². The number of aromatic amines is 1. The van der Waals surface area contributed by atoms with Crippen LogP contribution in [0.2, 0.25) is 0 Å². The second-order valence-electron chi connectivity index (χ2n) is 5.83. The van der Waals surface area contributed by atoms with Crippen molar-refractivity contribution in [3.05, 3.63) is 58.0 Å². The van der Waals surface area contributed by atoms with Gasteiger partial charge in [0.1, 0.15) is 11.9 Å². The highest BCUT2D eigenvalue weighted by Gasteiger charge is 2.26. The molecule has 1 fully saturated rings. The standard InChI is InChI=1S/C17H20N4O3/c1-12-9-15(22)20-17(19-12)14-11-21(7-8-24-14)16(23)5-4-13-3-2-6-18-10-13/h2-3,6,9-10,14H,4-5,7-8,11H2,1H3,(H,19,20,22). The maximum absolute atomic E-state index is 12.4. The number of ether oxygens (including phenoxy) is 1. The first-order valence-corrected chi connectivity index (χ1v) is 7.98. The quantitative estimate of drug-likeness (QED) is 0.905. The average molecular weight is 328 g/mol. The molecule has 0 radical (unpaired) electrons. The van der Waals surface area contributed by atoms with Crippen LogP contribution in [0.3, 0.4) is 0 Å². The Bertz CT molecular complexity index is 760. The molecule has 0 saturated carbocycles. The summed E-state index contributed by atoms with van der Waals surface area (Å²) in [7, 11) is 0. The van der Waals surface area contributed by atoms with Crippen molar-refractivity contribution >= 4 is 5.91 Å². The van der Waals surface area contributed by atoms with Crippen molar-refractivity contribution in [1.29, 1.82) is 0 Å². The van der Waals surface area contributed by atoms with Gasteiger partial charge in [-0.05, 0) is 25.0 Å². The van der Waals surface area contributed by atoms with Crippen LogP contribution < -0.4 is 5.56 Å². The van der Waals surface area contributed by atoms with Crippen LogP contribution in [0, 0.1) is 6.92 Å². The van der Waals surface area contributed by atoms with Gasteiger partial charge in [0, 0.05) is 37.1 Å². The number of H-pyrrole nitrogens is 1. The largest absolute Gasteiger partial charge is 0.367 e. The molecule has 1 unspecified atom stereocenters. The van der Waals surface area contributed by atoms with E-state index in [1.807, 2.05) is 12.1 Å².